The van der Waals surface area contributed by atoms with Crippen LogP contribution in [0.5, 0.6) is 0 Å². The van der Waals surface area contributed by atoms with Crippen LogP contribution in [0.1, 0.15) is 47.9 Å². The molecule has 2 unspecified atom stereocenters. The van der Waals surface area contributed by atoms with Crippen molar-refractivity contribution < 1.29 is 19.2 Å². The summed E-state index contributed by atoms with van der Waals surface area (Å²) in [5.74, 6) is -1.46. The smallest absolute Gasteiger partial charge is 0.248 e. The molecule has 48 heavy (non-hydrogen) atoms. The Morgan fingerprint density at radius 3 is 1.67 bits per heavy atom. The third-order valence-electron chi connectivity index (χ3n) is 10.2. The first-order valence-electron chi connectivity index (χ1n) is 16.4. The Hall–Kier alpha value is -5.57. The first kappa shape index (κ1) is 31.1. The van der Waals surface area contributed by atoms with Crippen LogP contribution in [-0.4, -0.2) is 51.5 Å². The second-order valence-corrected chi connectivity index (χ2v) is 12.8. The van der Waals surface area contributed by atoms with Crippen LogP contribution in [0.3, 0.4) is 0 Å². The van der Waals surface area contributed by atoms with Crippen molar-refractivity contribution in [2.45, 2.75) is 49.6 Å². The molecular formula is C39H37N5O4. The maximum absolute atomic E-state index is 13.7. The molecule has 2 atom stereocenters. The Labute approximate surface area is 278 Å². The van der Waals surface area contributed by atoms with E-state index < -0.39 is 22.9 Å². The van der Waals surface area contributed by atoms with Gasteiger partial charge in [0.05, 0.1) is 24.1 Å². The van der Waals surface area contributed by atoms with Crippen LogP contribution in [0.2, 0.25) is 0 Å². The second-order valence-electron chi connectivity index (χ2n) is 12.8. The zero-order valence-corrected chi connectivity index (χ0v) is 26.6. The highest BCUT2D eigenvalue weighted by Crippen LogP contribution is 2.44. The molecule has 3 heterocycles. The molecule has 9 heteroatoms. The molecule has 0 saturated carbocycles. The highest BCUT2D eigenvalue weighted by Gasteiger charge is 2.51. The van der Waals surface area contributed by atoms with E-state index in [1.54, 1.807) is 9.80 Å². The quantitative estimate of drug-likeness (QED) is 0.259. The minimum Gasteiger partial charge on any atom is -0.367 e. The van der Waals surface area contributed by atoms with Gasteiger partial charge in [-0.15, -0.1) is 0 Å². The van der Waals surface area contributed by atoms with Gasteiger partial charge in [0.2, 0.25) is 23.6 Å². The minimum atomic E-state index is -1.30. The van der Waals surface area contributed by atoms with Crippen molar-refractivity contribution in [2.75, 3.05) is 13.1 Å². The van der Waals surface area contributed by atoms with Gasteiger partial charge in [0.1, 0.15) is 11.1 Å². The van der Waals surface area contributed by atoms with Gasteiger partial charge in [0, 0.05) is 24.0 Å². The van der Waals surface area contributed by atoms with Crippen LogP contribution in [0.25, 0.3) is 22.2 Å². The largest absolute Gasteiger partial charge is 0.367 e. The number of carbonyl (C=O) groups excluding carboxylic acids is 4. The van der Waals surface area contributed by atoms with Crippen LogP contribution < -0.4 is 11.5 Å². The van der Waals surface area contributed by atoms with Crippen LogP contribution in [0, 0.1) is 0 Å². The average molecular weight is 640 g/mol. The third kappa shape index (κ3) is 5.06. The van der Waals surface area contributed by atoms with E-state index in [1.165, 1.54) is 0 Å². The van der Waals surface area contributed by atoms with Gasteiger partial charge in [-0.3, -0.25) is 19.2 Å². The predicted molar refractivity (Wildman–Crippen MR) is 182 cm³/mol. The Morgan fingerprint density at radius 1 is 0.625 bits per heavy atom. The first-order valence-corrected chi connectivity index (χ1v) is 16.4. The fraction of sp³-hybridized carbons (Fsp3) is 0.256. The third-order valence-corrected chi connectivity index (χ3v) is 10.2. The van der Waals surface area contributed by atoms with Crippen LogP contribution >= 0.6 is 0 Å². The van der Waals surface area contributed by atoms with Gasteiger partial charge in [-0.05, 0) is 66.1 Å². The second kappa shape index (κ2) is 12.2. The lowest BCUT2D eigenvalue weighted by Crippen LogP contribution is -2.54. The molecule has 4 amide bonds. The summed E-state index contributed by atoms with van der Waals surface area (Å²) in [4.78, 5) is 62.1. The number of hydrogen-bond donors (Lipinski definition) is 2. The molecule has 4 N–H and O–H groups in total. The summed E-state index contributed by atoms with van der Waals surface area (Å²) in [5.41, 5.74) is 14.8. The molecule has 1 aliphatic carbocycles. The summed E-state index contributed by atoms with van der Waals surface area (Å²) in [6, 6.07) is 32.0. The zero-order chi connectivity index (χ0) is 33.5. The Balaban J connectivity index is 1.28. The lowest BCUT2D eigenvalue weighted by molar-refractivity contribution is -0.143. The van der Waals surface area contributed by atoms with Gasteiger partial charge in [-0.1, -0.05) is 84.9 Å². The summed E-state index contributed by atoms with van der Waals surface area (Å²) in [6.45, 7) is 0.853. The van der Waals surface area contributed by atoms with Crippen LogP contribution in [-0.2, 0) is 43.1 Å². The van der Waals surface area contributed by atoms with Crippen molar-refractivity contribution in [3.05, 3.63) is 125 Å². The number of aromatic nitrogens is 1. The molecule has 242 valence electrons. The number of fused-ring (bicyclic) bond motifs is 3. The summed E-state index contributed by atoms with van der Waals surface area (Å²) in [6.07, 6.45) is 2.46. The number of rotatable bonds is 8. The maximum Gasteiger partial charge on any atom is 0.248 e. The lowest BCUT2D eigenvalue weighted by Gasteiger charge is -2.36. The van der Waals surface area contributed by atoms with E-state index in [1.807, 2.05) is 103 Å². The highest BCUT2D eigenvalue weighted by molar-refractivity contribution is 6.00. The summed E-state index contributed by atoms with van der Waals surface area (Å²) in [5, 5.41) is 0.811. The van der Waals surface area contributed by atoms with Gasteiger partial charge in [-0.25, -0.2) is 4.98 Å². The number of hydrogen-bond acceptors (Lipinski definition) is 5. The molecule has 3 aromatic carbocycles. The van der Waals surface area contributed by atoms with Crippen LogP contribution in [0.15, 0.2) is 103 Å². The first-order chi connectivity index (χ1) is 23.2. The van der Waals surface area contributed by atoms with Gasteiger partial charge in [0.15, 0.2) is 0 Å². The van der Waals surface area contributed by atoms with Gasteiger partial charge < -0.3 is 21.3 Å². The molecule has 0 aromatic heterocycles. The fourth-order valence-corrected chi connectivity index (χ4v) is 7.86. The Bertz CT molecular complexity index is 2020. The van der Waals surface area contributed by atoms with Gasteiger partial charge in [-0.2, -0.15) is 0 Å². The lowest BCUT2D eigenvalue weighted by atomic mass is 9.84. The molecule has 3 aliphatic heterocycles. The van der Waals surface area contributed by atoms with E-state index >= 15 is 0 Å². The van der Waals surface area contributed by atoms with E-state index in [2.05, 4.69) is 0 Å². The fourth-order valence-electron chi connectivity index (χ4n) is 7.86. The number of primary amides is 2. The molecule has 7 rings (SSSR count). The maximum atomic E-state index is 13.7. The SMILES string of the molecule is NC(=O)C1(c2cccc3nc4cc(C5(C(N)=O)CCCN5C(=O)Cc5ccccc5)ccc4c-3c2)CCCN1C(=O)Cc1ccccc1. The molecular weight excluding hydrogens is 602 g/mol. The standard InChI is InChI=1S/C39H37N5O4/c40-36(47)38(18-8-20-43(38)34(45)22-26-10-3-1-4-11-26)28-14-7-15-32-31(24-28)30-17-16-29(25-33(30)42-32)39(37(41)48)19-9-21-44(39)35(46)23-27-12-5-2-6-13-27/h1-7,10-17,24-25H,8-9,18-23H2,(H2,40,47)(H2,41,48). The van der Waals surface area contributed by atoms with E-state index in [9.17, 15) is 19.2 Å². The topological polar surface area (TPSA) is 140 Å². The number of amides is 4. The van der Waals surface area contributed by atoms with E-state index in [0.29, 0.717) is 61.1 Å². The molecule has 0 bridgehead atoms. The van der Waals surface area contributed by atoms with Crippen LogP contribution in [0.4, 0.5) is 0 Å². The Kier molecular flexibility index (Phi) is 7.91. The molecule has 3 aromatic rings. The molecule has 2 fully saturated rings. The number of likely N-dealkylation sites (tertiary alicyclic amines) is 2. The Morgan fingerprint density at radius 2 is 1.15 bits per heavy atom. The number of carbonyl (C=O) groups is 4. The summed E-state index contributed by atoms with van der Waals surface area (Å²) < 4.78 is 0. The molecule has 9 nitrogen and oxygen atoms in total. The van der Waals surface area contributed by atoms with E-state index in [0.717, 1.165) is 22.1 Å². The van der Waals surface area contributed by atoms with Crippen molar-refractivity contribution in [3.63, 3.8) is 0 Å². The van der Waals surface area contributed by atoms with E-state index in [4.69, 9.17) is 16.5 Å². The van der Waals surface area contributed by atoms with Crippen molar-refractivity contribution in [1.29, 1.82) is 0 Å². The van der Waals surface area contributed by atoms with E-state index in [-0.39, 0.29) is 24.7 Å². The number of nitrogens with two attached hydrogens (primary N) is 2. The highest BCUT2D eigenvalue weighted by atomic mass is 16.2. The summed E-state index contributed by atoms with van der Waals surface area (Å²) in [7, 11) is 0. The minimum absolute atomic E-state index is 0.157. The normalized spacial score (nSPS) is 20.8. The number of benzene rings is 3. The van der Waals surface area contributed by atoms with Crippen molar-refractivity contribution in [2.24, 2.45) is 11.5 Å². The predicted octanol–water partition coefficient (Wildman–Crippen LogP) is 4.43. The molecule has 2 saturated heterocycles. The van der Waals surface area contributed by atoms with Gasteiger partial charge >= 0.3 is 0 Å². The van der Waals surface area contributed by atoms with Crippen molar-refractivity contribution in [1.82, 2.24) is 14.8 Å². The molecule has 0 spiro atoms. The molecule has 0 radical (unpaired) electrons. The van der Waals surface area contributed by atoms with Crippen molar-refractivity contribution >= 4 is 34.5 Å². The molecule has 4 aliphatic rings. The average Bonchev–Trinajstić information content (AvgIpc) is 3.79. The van der Waals surface area contributed by atoms with Gasteiger partial charge in [0.25, 0.3) is 0 Å². The van der Waals surface area contributed by atoms with Crippen molar-refractivity contribution in [3.8, 4) is 11.3 Å². The zero-order valence-electron chi connectivity index (χ0n) is 26.6. The summed E-state index contributed by atoms with van der Waals surface area (Å²) >= 11 is 0. The number of nitrogens with zero attached hydrogens (tertiary/aromatic N) is 3. The monoisotopic (exact) mass is 639 g/mol.